The highest BCUT2D eigenvalue weighted by Crippen LogP contribution is 1.91. The average molecular weight is 228 g/mol. The zero-order valence-electron chi connectivity index (χ0n) is 10.1. The summed E-state index contributed by atoms with van der Waals surface area (Å²) in [4.78, 5) is 13.0. The van der Waals surface area contributed by atoms with Crippen LogP contribution in [0.5, 0.6) is 0 Å². The fourth-order valence-corrected chi connectivity index (χ4v) is 1.19. The maximum absolute atomic E-state index is 10.9. The van der Waals surface area contributed by atoms with Crippen molar-refractivity contribution < 1.29 is 14.3 Å². The molecule has 0 aromatic carbocycles. The first kappa shape index (κ1) is 14.9. The number of carbonyl (C=O) groups is 1. The first-order chi connectivity index (χ1) is 7.74. The number of carbonyl (C=O) groups excluding carboxylic acids is 1. The predicted octanol–water partition coefficient (Wildman–Crippen LogP) is 0.802. The molecule has 0 aliphatic rings. The van der Waals surface area contributed by atoms with E-state index < -0.39 is 0 Å². The summed E-state index contributed by atoms with van der Waals surface area (Å²) in [6, 6.07) is 2.10. The third-order valence-corrected chi connectivity index (χ3v) is 2.06. The standard InChI is InChI=1S/C11H20N2O3/c1-3-13(7-5-6-12)8-9-15-10-11(14)16-4-2/h3-5,7-10H2,1-2H3. The van der Waals surface area contributed by atoms with Gasteiger partial charge in [-0.05, 0) is 13.5 Å². The molecule has 0 aromatic rings. The normalized spacial score (nSPS) is 10.1. The highest BCUT2D eigenvalue weighted by atomic mass is 16.6. The average Bonchev–Trinajstić information content (AvgIpc) is 2.28. The first-order valence-electron chi connectivity index (χ1n) is 5.57. The smallest absolute Gasteiger partial charge is 0.332 e. The molecule has 5 heteroatoms. The van der Waals surface area contributed by atoms with E-state index in [0.717, 1.165) is 19.6 Å². The lowest BCUT2D eigenvalue weighted by atomic mass is 10.4. The minimum atomic E-state index is -0.331. The van der Waals surface area contributed by atoms with Gasteiger partial charge in [-0.2, -0.15) is 5.26 Å². The molecular weight excluding hydrogens is 208 g/mol. The van der Waals surface area contributed by atoms with Crippen LogP contribution >= 0.6 is 0 Å². The van der Waals surface area contributed by atoms with Crippen molar-refractivity contribution in [1.29, 1.82) is 5.26 Å². The molecule has 0 spiro atoms. The van der Waals surface area contributed by atoms with Gasteiger partial charge in [0, 0.05) is 19.5 Å². The summed E-state index contributed by atoms with van der Waals surface area (Å²) in [6.07, 6.45) is 0.520. The molecule has 0 saturated carbocycles. The molecule has 0 aliphatic heterocycles. The van der Waals surface area contributed by atoms with Crippen molar-refractivity contribution >= 4 is 5.97 Å². The summed E-state index contributed by atoms with van der Waals surface area (Å²) >= 11 is 0. The molecule has 0 aliphatic carbocycles. The Morgan fingerprint density at radius 1 is 1.38 bits per heavy atom. The lowest BCUT2D eigenvalue weighted by Gasteiger charge is -2.18. The summed E-state index contributed by atoms with van der Waals surface area (Å²) < 4.78 is 9.88. The molecule has 0 radical (unpaired) electrons. The third-order valence-electron chi connectivity index (χ3n) is 2.06. The van der Waals surface area contributed by atoms with Gasteiger partial charge < -0.3 is 14.4 Å². The number of hydrogen-bond acceptors (Lipinski definition) is 5. The highest BCUT2D eigenvalue weighted by Gasteiger charge is 2.04. The molecular formula is C11H20N2O3. The first-order valence-corrected chi connectivity index (χ1v) is 5.57. The van der Waals surface area contributed by atoms with Crippen LogP contribution in [0.25, 0.3) is 0 Å². The zero-order valence-corrected chi connectivity index (χ0v) is 10.1. The van der Waals surface area contributed by atoms with Crippen molar-refractivity contribution in [2.45, 2.75) is 20.3 Å². The lowest BCUT2D eigenvalue weighted by molar-refractivity contribution is -0.148. The number of nitriles is 1. The Balaban J connectivity index is 3.48. The van der Waals surface area contributed by atoms with E-state index in [-0.39, 0.29) is 12.6 Å². The third kappa shape index (κ3) is 8.21. The van der Waals surface area contributed by atoms with Crippen LogP contribution in [-0.4, -0.2) is 50.3 Å². The molecule has 16 heavy (non-hydrogen) atoms. The van der Waals surface area contributed by atoms with E-state index in [2.05, 4.69) is 11.0 Å². The quantitative estimate of drug-likeness (QED) is 0.431. The van der Waals surface area contributed by atoms with Crippen molar-refractivity contribution in [2.24, 2.45) is 0 Å². The predicted molar refractivity (Wildman–Crippen MR) is 59.8 cm³/mol. The van der Waals surface area contributed by atoms with Crippen molar-refractivity contribution in [3.63, 3.8) is 0 Å². The van der Waals surface area contributed by atoms with Crippen LogP contribution in [-0.2, 0) is 14.3 Å². The molecule has 92 valence electrons. The monoisotopic (exact) mass is 228 g/mol. The van der Waals surface area contributed by atoms with Crippen LogP contribution in [0.2, 0.25) is 0 Å². The van der Waals surface area contributed by atoms with Gasteiger partial charge in [0.25, 0.3) is 0 Å². The number of hydrogen-bond donors (Lipinski definition) is 0. The fourth-order valence-electron chi connectivity index (χ4n) is 1.19. The van der Waals surface area contributed by atoms with Crippen molar-refractivity contribution in [3.8, 4) is 6.07 Å². The zero-order chi connectivity index (χ0) is 12.2. The van der Waals surface area contributed by atoms with Crippen molar-refractivity contribution in [3.05, 3.63) is 0 Å². The Labute approximate surface area is 96.9 Å². The Morgan fingerprint density at radius 3 is 2.69 bits per heavy atom. The second kappa shape index (κ2) is 10.4. The van der Waals surface area contributed by atoms with Gasteiger partial charge in [0.05, 0.1) is 19.3 Å². The number of ether oxygens (including phenoxy) is 2. The molecule has 0 rings (SSSR count). The molecule has 0 aromatic heterocycles. The molecule has 0 bridgehead atoms. The number of esters is 1. The summed E-state index contributed by atoms with van der Waals surface area (Å²) in [5.41, 5.74) is 0. The van der Waals surface area contributed by atoms with Gasteiger partial charge in [0.2, 0.25) is 0 Å². The summed E-state index contributed by atoms with van der Waals surface area (Å²) in [6.45, 7) is 7.02. The number of nitrogens with zero attached hydrogens (tertiary/aromatic N) is 2. The lowest BCUT2D eigenvalue weighted by Crippen LogP contribution is -2.29. The molecule has 0 unspecified atom stereocenters. The van der Waals surface area contributed by atoms with Gasteiger partial charge in [-0.25, -0.2) is 4.79 Å². The largest absolute Gasteiger partial charge is 0.464 e. The molecule has 5 nitrogen and oxygen atoms in total. The second-order valence-corrected chi connectivity index (χ2v) is 3.20. The van der Waals surface area contributed by atoms with E-state index in [0.29, 0.717) is 19.6 Å². The van der Waals surface area contributed by atoms with Crippen LogP contribution in [0, 0.1) is 11.3 Å². The van der Waals surface area contributed by atoms with E-state index in [1.54, 1.807) is 6.92 Å². The molecule has 0 fully saturated rings. The summed E-state index contributed by atoms with van der Waals surface area (Å²) in [5.74, 6) is -0.331. The van der Waals surface area contributed by atoms with Crippen LogP contribution in [0.3, 0.4) is 0 Å². The van der Waals surface area contributed by atoms with Gasteiger partial charge in [-0.3, -0.25) is 0 Å². The molecule has 0 N–H and O–H groups in total. The van der Waals surface area contributed by atoms with E-state index in [4.69, 9.17) is 14.7 Å². The minimum absolute atomic E-state index is 0.00362. The Morgan fingerprint density at radius 2 is 2.12 bits per heavy atom. The van der Waals surface area contributed by atoms with E-state index in [9.17, 15) is 4.79 Å². The van der Waals surface area contributed by atoms with Crippen LogP contribution in [0.15, 0.2) is 0 Å². The molecule has 0 amide bonds. The van der Waals surface area contributed by atoms with Gasteiger partial charge in [-0.1, -0.05) is 6.92 Å². The Hall–Kier alpha value is -1.12. The Bertz CT molecular complexity index is 226. The SMILES string of the molecule is CCOC(=O)COCCN(CC)CCC#N. The topological polar surface area (TPSA) is 62.6 Å². The van der Waals surface area contributed by atoms with Crippen LogP contribution in [0.1, 0.15) is 20.3 Å². The molecule has 0 saturated heterocycles. The van der Waals surface area contributed by atoms with E-state index >= 15 is 0 Å². The van der Waals surface area contributed by atoms with Crippen molar-refractivity contribution in [1.82, 2.24) is 4.90 Å². The van der Waals surface area contributed by atoms with Crippen LogP contribution < -0.4 is 0 Å². The van der Waals surface area contributed by atoms with E-state index in [1.807, 2.05) is 6.92 Å². The van der Waals surface area contributed by atoms with Crippen molar-refractivity contribution in [2.75, 3.05) is 39.5 Å². The fraction of sp³-hybridized carbons (Fsp3) is 0.818. The highest BCUT2D eigenvalue weighted by molar-refractivity contribution is 5.70. The maximum atomic E-state index is 10.9. The number of likely N-dealkylation sites (N-methyl/N-ethyl adjacent to an activating group) is 1. The summed E-state index contributed by atoms with van der Waals surface area (Å²) in [5, 5.41) is 8.44. The molecule has 0 heterocycles. The van der Waals surface area contributed by atoms with Gasteiger partial charge in [0.15, 0.2) is 0 Å². The van der Waals surface area contributed by atoms with Crippen LogP contribution in [0.4, 0.5) is 0 Å². The van der Waals surface area contributed by atoms with Gasteiger partial charge in [-0.15, -0.1) is 0 Å². The second-order valence-electron chi connectivity index (χ2n) is 3.20. The minimum Gasteiger partial charge on any atom is -0.464 e. The van der Waals surface area contributed by atoms with E-state index in [1.165, 1.54) is 0 Å². The van der Waals surface area contributed by atoms with Gasteiger partial charge in [0.1, 0.15) is 6.61 Å². The number of rotatable bonds is 9. The Kier molecular flexibility index (Phi) is 9.67. The molecule has 0 atom stereocenters. The summed E-state index contributed by atoms with van der Waals surface area (Å²) in [7, 11) is 0. The van der Waals surface area contributed by atoms with Gasteiger partial charge >= 0.3 is 5.97 Å². The maximum Gasteiger partial charge on any atom is 0.332 e.